The first-order valence-corrected chi connectivity index (χ1v) is 16.9. The second-order valence-corrected chi connectivity index (χ2v) is 12.4. The summed E-state index contributed by atoms with van der Waals surface area (Å²) in [7, 11) is 0. The molecule has 0 unspecified atom stereocenters. The number of pyridine rings is 1. The first kappa shape index (κ1) is 33.8. The Bertz CT molecular complexity index is 1690. The first-order valence-electron chi connectivity index (χ1n) is 15.3. The number of nitrogens with zero attached hydrogens (tertiary/aromatic N) is 4. The zero-order valence-corrected chi connectivity index (χ0v) is 29.8. The molecule has 1 aliphatic heterocycles. The Balaban J connectivity index is 0.00000160. The predicted molar refractivity (Wildman–Crippen MR) is 194 cm³/mol. The Morgan fingerprint density at radius 2 is 1.70 bits per heavy atom. The second-order valence-electron chi connectivity index (χ2n) is 11.7. The molecule has 0 spiro atoms. The largest absolute Gasteiger partial charge is 0.487 e. The molecule has 0 bridgehead atoms. The molecule has 5 rings (SSSR count). The predicted octanol–water partition coefficient (Wildman–Crippen LogP) is 9.08. The number of carbonyl (C=O) groups is 2. The summed E-state index contributed by atoms with van der Waals surface area (Å²) >= 11 is 15.0. The SMILES string of the molecule is Cc1ccc(-n2nc(C(C)(C)C)cc2NC(=O)Nc2ccc(OCc3ccnc(NC(=O)N4CCCC4)c3)c(Cl)c2Cl)cc1.[2H]CI. The van der Waals surface area contributed by atoms with E-state index in [-0.39, 0.29) is 28.1 Å². The van der Waals surface area contributed by atoms with Crippen molar-refractivity contribution in [1.82, 2.24) is 19.7 Å². The normalized spacial score (nSPS) is 12.9. The minimum Gasteiger partial charge on any atom is -0.487 e. The zero-order valence-electron chi connectivity index (χ0n) is 27.2. The van der Waals surface area contributed by atoms with Crippen LogP contribution in [0.15, 0.2) is 60.8 Å². The lowest BCUT2D eigenvalue weighted by atomic mass is 9.92. The first-order chi connectivity index (χ1) is 22.4. The lowest BCUT2D eigenvalue weighted by Crippen LogP contribution is -2.32. The van der Waals surface area contributed by atoms with Crippen molar-refractivity contribution in [3.63, 3.8) is 0 Å². The number of hydrogen-bond donors (Lipinski definition) is 3. The highest BCUT2D eigenvalue weighted by Gasteiger charge is 2.22. The summed E-state index contributed by atoms with van der Waals surface area (Å²) in [6.45, 7) is 9.85. The van der Waals surface area contributed by atoms with Gasteiger partial charge in [-0.1, -0.05) is 84.3 Å². The molecule has 244 valence electrons. The van der Waals surface area contributed by atoms with Crippen molar-refractivity contribution < 1.29 is 15.7 Å². The van der Waals surface area contributed by atoms with Gasteiger partial charge >= 0.3 is 12.1 Å². The van der Waals surface area contributed by atoms with Gasteiger partial charge in [-0.05, 0) is 66.6 Å². The van der Waals surface area contributed by atoms with Crippen LogP contribution in [0.1, 0.15) is 51.8 Å². The molecule has 0 saturated carbocycles. The molecular weight excluding hydrogens is 740 g/mol. The summed E-state index contributed by atoms with van der Waals surface area (Å²) in [4.78, 5) is 32.0. The molecule has 1 saturated heterocycles. The minimum atomic E-state index is -0.509. The maximum atomic E-state index is 13.1. The van der Waals surface area contributed by atoms with Gasteiger partial charge in [-0.2, -0.15) is 5.10 Å². The van der Waals surface area contributed by atoms with E-state index < -0.39 is 6.03 Å². The van der Waals surface area contributed by atoms with Crippen molar-refractivity contribution >= 4 is 75.2 Å². The van der Waals surface area contributed by atoms with Crippen LogP contribution < -0.4 is 20.7 Å². The highest BCUT2D eigenvalue weighted by atomic mass is 127. The maximum Gasteiger partial charge on any atom is 0.324 e. The lowest BCUT2D eigenvalue weighted by Gasteiger charge is -2.16. The summed E-state index contributed by atoms with van der Waals surface area (Å²) in [5.41, 5.74) is 3.63. The molecule has 3 heterocycles. The average Bonchev–Trinajstić information content (AvgIpc) is 3.71. The molecule has 2 aromatic carbocycles. The van der Waals surface area contributed by atoms with E-state index in [9.17, 15) is 9.59 Å². The maximum absolute atomic E-state index is 13.1. The summed E-state index contributed by atoms with van der Waals surface area (Å²) in [5, 5.41) is 13.5. The number of amides is 4. The Kier molecular flexibility index (Phi) is 11.6. The molecule has 46 heavy (non-hydrogen) atoms. The van der Waals surface area contributed by atoms with Gasteiger partial charge in [0.25, 0.3) is 0 Å². The van der Waals surface area contributed by atoms with E-state index in [2.05, 4.69) is 41.7 Å². The van der Waals surface area contributed by atoms with Gasteiger partial charge < -0.3 is 15.0 Å². The van der Waals surface area contributed by atoms with E-state index in [4.69, 9.17) is 34.4 Å². The standard InChI is InChI=1S/C32H35Cl2N7O3.CH3I/c1-20-7-9-22(10-8-20)41-27(18-25(39-41)32(2,3)4)38-30(42)36-23-11-12-24(29(34)28(23)33)44-19-21-13-14-35-26(17-21)37-31(43)40-15-5-6-16-40;1-2/h7-14,17-18H,5-6,15-16,19H2,1-4H3,(H,35,37,43)(H2,36,38,42);1H3/i;1D. The molecule has 2 aromatic heterocycles. The van der Waals surface area contributed by atoms with Crippen molar-refractivity contribution in [1.29, 1.82) is 0 Å². The number of likely N-dealkylation sites (tertiary alicyclic amines) is 1. The van der Waals surface area contributed by atoms with E-state index in [1.807, 2.05) is 59.8 Å². The third-order valence-corrected chi connectivity index (χ3v) is 8.00. The average molecular weight is 780 g/mol. The number of halogens is 3. The van der Waals surface area contributed by atoms with Crippen LogP contribution in [0, 0.1) is 6.92 Å². The lowest BCUT2D eigenvalue weighted by molar-refractivity contribution is 0.222. The van der Waals surface area contributed by atoms with Gasteiger partial charge in [-0.25, -0.2) is 19.3 Å². The number of alkyl halides is 1. The Morgan fingerprint density at radius 1 is 1.00 bits per heavy atom. The van der Waals surface area contributed by atoms with E-state index in [0.717, 1.165) is 48.4 Å². The summed E-state index contributed by atoms with van der Waals surface area (Å²) < 4.78 is 13.8. The molecule has 0 aliphatic carbocycles. The highest BCUT2D eigenvalue weighted by Crippen LogP contribution is 2.38. The molecule has 1 aliphatic rings. The fourth-order valence-corrected chi connectivity index (χ4v) is 5.05. The van der Waals surface area contributed by atoms with Crippen LogP contribution in [0.5, 0.6) is 5.75 Å². The smallest absolute Gasteiger partial charge is 0.324 e. The summed E-state index contributed by atoms with van der Waals surface area (Å²) in [6.07, 6.45) is 3.62. The summed E-state index contributed by atoms with van der Waals surface area (Å²) in [6, 6.07) is 15.8. The van der Waals surface area contributed by atoms with Crippen LogP contribution in [0.25, 0.3) is 5.69 Å². The van der Waals surface area contributed by atoms with Gasteiger partial charge in [0.1, 0.15) is 29.0 Å². The Morgan fingerprint density at radius 3 is 2.37 bits per heavy atom. The second kappa shape index (κ2) is 15.8. The Labute approximate surface area is 294 Å². The fourth-order valence-electron chi connectivity index (χ4n) is 4.63. The van der Waals surface area contributed by atoms with E-state index in [1.165, 1.54) is 0 Å². The Hall–Kier alpha value is -3.55. The van der Waals surface area contributed by atoms with Crippen molar-refractivity contribution in [2.75, 3.05) is 33.9 Å². The molecule has 10 nitrogen and oxygen atoms in total. The van der Waals surface area contributed by atoms with Crippen molar-refractivity contribution in [2.45, 2.75) is 52.6 Å². The fraction of sp³-hybridized carbons (Fsp3) is 0.333. The van der Waals surface area contributed by atoms with Crippen molar-refractivity contribution in [3.8, 4) is 11.4 Å². The number of aryl methyl sites for hydroxylation is 1. The molecular formula is C33H38Cl2IN7O3. The number of nitrogens with one attached hydrogen (secondary N) is 3. The van der Waals surface area contributed by atoms with Crippen LogP contribution in [0.2, 0.25) is 10.0 Å². The third-order valence-electron chi connectivity index (χ3n) is 7.14. The van der Waals surface area contributed by atoms with Gasteiger partial charge in [-0.15, -0.1) is 0 Å². The van der Waals surface area contributed by atoms with Gasteiger partial charge in [0.15, 0.2) is 0 Å². The van der Waals surface area contributed by atoms with Crippen LogP contribution in [0.3, 0.4) is 0 Å². The van der Waals surface area contributed by atoms with Crippen LogP contribution >= 0.6 is 45.8 Å². The van der Waals surface area contributed by atoms with Gasteiger partial charge in [0.05, 0.1) is 22.1 Å². The number of urea groups is 2. The number of aromatic nitrogens is 3. The van der Waals surface area contributed by atoms with Crippen molar-refractivity contribution in [2.24, 2.45) is 0 Å². The van der Waals surface area contributed by atoms with Crippen LogP contribution in [-0.4, -0.2) is 49.7 Å². The quantitative estimate of drug-likeness (QED) is 0.128. The number of hydrogen-bond acceptors (Lipinski definition) is 5. The van der Waals surface area contributed by atoms with Crippen LogP contribution in [0.4, 0.5) is 26.9 Å². The minimum absolute atomic E-state index is 0.134. The molecule has 4 amide bonds. The van der Waals surface area contributed by atoms with E-state index in [1.54, 1.807) is 40.0 Å². The topological polar surface area (TPSA) is 113 Å². The van der Waals surface area contributed by atoms with Gasteiger partial charge in [-0.3, -0.25) is 10.6 Å². The van der Waals surface area contributed by atoms with E-state index in [0.29, 0.717) is 28.0 Å². The van der Waals surface area contributed by atoms with Crippen molar-refractivity contribution in [3.05, 3.63) is 87.7 Å². The molecule has 4 aromatic rings. The molecule has 13 heteroatoms. The number of carbonyl (C=O) groups excluding carboxylic acids is 2. The monoisotopic (exact) mass is 778 g/mol. The summed E-state index contributed by atoms with van der Waals surface area (Å²) in [5.74, 6) is 1.29. The van der Waals surface area contributed by atoms with Gasteiger partial charge in [0, 0.05) is 32.1 Å². The molecule has 1 fully saturated rings. The molecule has 3 N–H and O–H groups in total. The van der Waals surface area contributed by atoms with E-state index >= 15 is 0 Å². The zero-order chi connectivity index (χ0) is 34.1. The van der Waals surface area contributed by atoms with Crippen LogP contribution in [-0.2, 0) is 12.0 Å². The number of rotatable bonds is 7. The van der Waals surface area contributed by atoms with Gasteiger partial charge in [0.2, 0.25) is 0 Å². The number of ether oxygens (including phenoxy) is 1. The highest BCUT2D eigenvalue weighted by molar-refractivity contribution is 14.1. The number of benzene rings is 2. The molecule has 0 radical (unpaired) electrons. The number of anilines is 3. The molecule has 0 atom stereocenters. The third kappa shape index (κ3) is 9.04.